The number of methoxy groups -OCH3 is 1. The second kappa shape index (κ2) is 7.07. The molecule has 2 atom stereocenters. The highest BCUT2D eigenvalue weighted by Gasteiger charge is 2.42. The molecule has 25 heavy (non-hydrogen) atoms. The predicted molar refractivity (Wildman–Crippen MR) is 103 cm³/mol. The maximum atomic E-state index is 12.7. The molecule has 0 aromatic carbocycles. The Morgan fingerprint density at radius 3 is 2.48 bits per heavy atom. The molecule has 1 aliphatic rings. The van der Waals surface area contributed by atoms with Crippen molar-refractivity contribution < 1.29 is 9.15 Å². The van der Waals surface area contributed by atoms with Gasteiger partial charge in [0.15, 0.2) is 5.43 Å². The molecule has 0 saturated carbocycles. The van der Waals surface area contributed by atoms with E-state index < -0.39 is 5.41 Å². The van der Waals surface area contributed by atoms with Gasteiger partial charge in [0, 0.05) is 11.5 Å². The van der Waals surface area contributed by atoms with Crippen LogP contribution in [0.4, 0.5) is 0 Å². The maximum Gasteiger partial charge on any atom is 0.291 e. The Hall–Kier alpha value is -2.03. The number of hydrogen-bond acceptors (Lipinski definition) is 3. The summed E-state index contributed by atoms with van der Waals surface area (Å²) in [5.41, 5.74) is 4.51. The lowest BCUT2D eigenvalue weighted by Crippen LogP contribution is -2.36. The molecular formula is C22H30O3. The normalized spacial score (nSPS) is 24.0. The molecule has 0 unspecified atom stereocenters. The van der Waals surface area contributed by atoms with Gasteiger partial charge in [-0.25, -0.2) is 0 Å². The van der Waals surface area contributed by atoms with E-state index in [2.05, 4.69) is 52.8 Å². The van der Waals surface area contributed by atoms with Crippen LogP contribution in [0, 0.1) is 19.8 Å². The third-order valence-electron chi connectivity index (χ3n) is 5.22. The van der Waals surface area contributed by atoms with Gasteiger partial charge in [0.25, 0.3) is 5.95 Å². The standard InChI is InChI=1S/C22H30O3/c1-9-10-14(3)18-15(4)11-13(2)12-22(18,7)20-16(5)19(23)17(6)21(24-8)25-20/h10-12,18H,9H2,1-8H3/t18-,22-/m0/s1. The zero-order chi connectivity index (χ0) is 18.9. The van der Waals surface area contributed by atoms with Crippen molar-refractivity contribution in [3.63, 3.8) is 0 Å². The third kappa shape index (κ3) is 3.24. The zero-order valence-electron chi connectivity index (χ0n) is 16.7. The topological polar surface area (TPSA) is 39.4 Å². The number of rotatable bonds is 4. The van der Waals surface area contributed by atoms with Crippen molar-refractivity contribution >= 4 is 0 Å². The third-order valence-corrected chi connectivity index (χ3v) is 5.22. The first-order valence-electron chi connectivity index (χ1n) is 8.90. The van der Waals surface area contributed by atoms with E-state index in [4.69, 9.17) is 9.15 Å². The molecule has 0 aliphatic heterocycles. The average Bonchev–Trinajstić information content (AvgIpc) is 2.52. The minimum Gasteiger partial charge on any atom is -0.468 e. The van der Waals surface area contributed by atoms with E-state index >= 15 is 0 Å². The van der Waals surface area contributed by atoms with Crippen LogP contribution in [0.1, 0.15) is 57.9 Å². The van der Waals surface area contributed by atoms with E-state index in [0.717, 1.165) is 6.42 Å². The van der Waals surface area contributed by atoms with Gasteiger partial charge in [-0.1, -0.05) is 41.9 Å². The molecule has 0 fully saturated rings. The van der Waals surface area contributed by atoms with Gasteiger partial charge in [0.05, 0.1) is 18.1 Å². The molecule has 0 spiro atoms. The minimum absolute atomic E-state index is 0.00606. The van der Waals surface area contributed by atoms with Crippen LogP contribution in [-0.4, -0.2) is 7.11 Å². The summed E-state index contributed by atoms with van der Waals surface area (Å²) in [6, 6.07) is 0. The van der Waals surface area contributed by atoms with Crippen molar-refractivity contribution in [2.75, 3.05) is 7.11 Å². The average molecular weight is 342 g/mol. The Kier molecular flexibility index (Phi) is 5.46. The summed E-state index contributed by atoms with van der Waals surface area (Å²) in [5, 5.41) is 0. The van der Waals surface area contributed by atoms with E-state index in [9.17, 15) is 4.79 Å². The summed E-state index contributed by atoms with van der Waals surface area (Å²) in [7, 11) is 1.54. The molecular weight excluding hydrogens is 312 g/mol. The van der Waals surface area contributed by atoms with E-state index in [1.54, 1.807) is 14.0 Å². The van der Waals surface area contributed by atoms with Crippen LogP contribution in [0.5, 0.6) is 5.95 Å². The van der Waals surface area contributed by atoms with Crippen molar-refractivity contribution in [3.8, 4) is 5.95 Å². The lowest BCUT2D eigenvalue weighted by molar-refractivity contribution is 0.249. The van der Waals surface area contributed by atoms with Crippen molar-refractivity contribution in [3.05, 3.63) is 62.1 Å². The highest BCUT2D eigenvalue weighted by molar-refractivity contribution is 5.46. The van der Waals surface area contributed by atoms with Crippen molar-refractivity contribution in [1.29, 1.82) is 0 Å². The number of allylic oxidation sites excluding steroid dienone is 6. The first kappa shape index (κ1) is 19.3. The maximum absolute atomic E-state index is 12.7. The lowest BCUT2D eigenvalue weighted by atomic mass is 9.64. The van der Waals surface area contributed by atoms with Crippen molar-refractivity contribution in [1.82, 2.24) is 0 Å². The van der Waals surface area contributed by atoms with Gasteiger partial charge in [-0.05, 0) is 48.0 Å². The fourth-order valence-electron chi connectivity index (χ4n) is 4.41. The van der Waals surface area contributed by atoms with Gasteiger partial charge in [0.1, 0.15) is 5.76 Å². The van der Waals surface area contributed by atoms with Crippen molar-refractivity contribution in [2.24, 2.45) is 5.92 Å². The number of ether oxygens (including phenoxy) is 1. The molecule has 1 aromatic heterocycles. The lowest BCUT2D eigenvalue weighted by Gasteiger charge is -2.40. The molecule has 1 aliphatic carbocycles. The second-order valence-corrected chi connectivity index (χ2v) is 7.35. The van der Waals surface area contributed by atoms with Crippen LogP contribution in [0.15, 0.2) is 44.2 Å². The van der Waals surface area contributed by atoms with Crippen LogP contribution in [-0.2, 0) is 5.41 Å². The minimum atomic E-state index is -0.428. The zero-order valence-corrected chi connectivity index (χ0v) is 16.7. The fourth-order valence-corrected chi connectivity index (χ4v) is 4.41. The van der Waals surface area contributed by atoms with Crippen LogP contribution in [0.25, 0.3) is 0 Å². The highest BCUT2D eigenvalue weighted by Crippen LogP contribution is 2.47. The molecule has 0 radical (unpaired) electrons. The van der Waals surface area contributed by atoms with Crippen LogP contribution >= 0.6 is 0 Å². The van der Waals surface area contributed by atoms with Gasteiger partial charge in [-0.15, -0.1) is 0 Å². The molecule has 0 bridgehead atoms. The summed E-state index contributed by atoms with van der Waals surface area (Å²) in [6.07, 6.45) is 7.68. The summed E-state index contributed by atoms with van der Waals surface area (Å²) in [4.78, 5) is 12.7. The van der Waals surface area contributed by atoms with Gasteiger partial charge in [0.2, 0.25) is 0 Å². The molecule has 136 valence electrons. The van der Waals surface area contributed by atoms with Gasteiger partial charge < -0.3 is 9.15 Å². The Bertz CT molecular complexity index is 820. The van der Waals surface area contributed by atoms with E-state index in [1.807, 2.05) is 6.92 Å². The summed E-state index contributed by atoms with van der Waals surface area (Å²) in [6.45, 7) is 14.3. The highest BCUT2D eigenvalue weighted by atomic mass is 16.6. The van der Waals surface area contributed by atoms with Crippen LogP contribution < -0.4 is 10.2 Å². The molecule has 0 amide bonds. The largest absolute Gasteiger partial charge is 0.468 e. The molecule has 1 heterocycles. The molecule has 1 aromatic rings. The first-order valence-corrected chi connectivity index (χ1v) is 8.90. The quantitative estimate of drug-likeness (QED) is 0.688. The first-order chi connectivity index (χ1) is 11.7. The van der Waals surface area contributed by atoms with Crippen LogP contribution in [0.2, 0.25) is 0 Å². The Morgan fingerprint density at radius 2 is 1.92 bits per heavy atom. The van der Waals surface area contributed by atoms with Crippen molar-refractivity contribution in [2.45, 2.75) is 60.3 Å². The SMILES string of the molecule is CCC=C(C)[C@H]1C(C)=CC(C)=C[C@]1(C)c1oc(OC)c(C)c(=O)c1C. The van der Waals surface area contributed by atoms with E-state index in [-0.39, 0.29) is 11.3 Å². The number of hydrogen-bond donors (Lipinski definition) is 0. The fraction of sp³-hybridized carbons (Fsp3) is 0.500. The monoisotopic (exact) mass is 342 g/mol. The van der Waals surface area contributed by atoms with Gasteiger partial charge in [-0.3, -0.25) is 4.79 Å². The van der Waals surface area contributed by atoms with Gasteiger partial charge in [-0.2, -0.15) is 0 Å². The van der Waals surface area contributed by atoms with E-state index in [0.29, 0.717) is 22.8 Å². The summed E-state index contributed by atoms with van der Waals surface area (Å²) >= 11 is 0. The van der Waals surface area contributed by atoms with Crippen LogP contribution in [0.3, 0.4) is 0 Å². The molecule has 0 N–H and O–H groups in total. The van der Waals surface area contributed by atoms with E-state index in [1.165, 1.54) is 16.7 Å². The molecule has 3 nitrogen and oxygen atoms in total. The summed E-state index contributed by atoms with van der Waals surface area (Å²) < 4.78 is 11.5. The van der Waals surface area contributed by atoms with Gasteiger partial charge >= 0.3 is 0 Å². The Balaban J connectivity index is 2.81. The molecule has 2 rings (SSSR count). The Labute approximate surface area is 151 Å². The molecule has 3 heteroatoms. The molecule has 0 saturated heterocycles. The summed E-state index contributed by atoms with van der Waals surface area (Å²) in [5.74, 6) is 1.16. The smallest absolute Gasteiger partial charge is 0.291 e. The Morgan fingerprint density at radius 1 is 1.28 bits per heavy atom. The predicted octanol–water partition coefficient (Wildman–Crippen LogP) is 5.40. The second-order valence-electron chi connectivity index (χ2n) is 7.35.